The Morgan fingerprint density at radius 1 is 1.24 bits per heavy atom. The Balaban J connectivity index is 2.48. The van der Waals surface area contributed by atoms with Crippen LogP contribution in [0.1, 0.15) is 17.0 Å². The van der Waals surface area contributed by atoms with Crippen molar-refractivity contribution in [2.45, 2.75) is 20.0 Å². The minimum Gasteiger partial charge on any atom is -0.503 e. The summed E-state index contributed by atoms with van der Waals surface area (Å²) in [6.07, 6.45) is 0. The van der Waals surface area contributed by atoms with Gasteiger partial charge >= 0.3 is 0 Å². The van der Waals surface area contributed by atoms with Crippen molar-refractivity contribution in [3.63, 3.8) is 0 Å². The number of hydrogen-bond acceptors (Lipinski definition) is 3. The summed E-state index contributed by atoms with van der Waals surface area (Å²) >= 11 is 0. The lowest BCUT2D eigenvalue weighted by Crippen LogP contribution is -2.22. The molecule has 1 heterocycles. The van der Waals surface area contributed by atoms with Crippen LogP contribution in [0.15, 0.2) is 35.1 Å². The van der Waals surface area contributed by atoms with Gasteiger partial charge in [0, 0.05) is 24.8 Å². The molecular weight excluding hydrogens is 271 g/mol. The first-order chi connectivity index (χ1) is 9.88. The third-order valence-electron chi connectivity index (χ3n) is 3.32. The van der Waals surface area contributed by atoms with Crippen LogP contribution in [-0.4, -0.2) is 28.7 Å². The van der Waals surface area contributed by atoms with Gasteiger partial charge in [-0.1, -0.05) is 12.1 Å². The van der Waals surface area contributed by atoms with Crippen molar-refractivity contribution in [2.75, 3.05) is 14.1 Å². The highest BCUT2D eigenvalue weighted by Gasteiger charge is 2.14. The van der Waals surface area contributed by atoms with Crippen molar-refractivity contribution in [2.24, 2.45) is 0 Å². The van der Waals surface area contributed by atoms with Gasteiger partial charge in [0.2, 0.25) is 5.43 Å². The first-order valence-corrected chi connectivity index (χ1v) is 6.70. The highest BCUT2D eigenvalue weighted by atomic mass is 19.1. The number of aromatic hydroxyl groups is 1. The zero-order chi connectivity index (χ0) is 15.6. The highest BCUT2D eigenvalue weighted by molar-refractivity contribution is 5.31. The van der Waals surface area contributed by atoms with E-state index in [1.807, 2.05) is 30.5 Å². The van der Waals surface area contributed by atoms with Gasteiger partial charge in [-0.3, -0.25) is 4.79 Å². The Labute approximate surface area is 123 Å². The molecule has 0 bridgehead atoms. The number of nitrogens with zero attached hydrogens (tertiary/aromatic N) is 2. The fourth-order valence-corrected chi connectivity index (χ4v) is 2.27. The number of benzene rings is 1. The molecule has 1 aromatic heterocycles. The number of pyridine rings is 1. The third kappa shape index (κ3) is 3.49. The van der Waals surface area contributed by atoms with Gasteiger partial charge in [0.05, 0.1) is 5.69 Å². The summed E-state index contributed by atoms with van der Waals surface area (Å²) in [7, 11) is 3.74. The molecule has 0 amide bonds. The van der Waals surface area contributed by atoms with Gasteiger partial charge in [-0.15, -0.1) is 0 Å². The van der Waals surface area contributed by atoms with E-state index >= 15 is 0 Å². The molecule has 0 radical (unpaired) electrons. The molecule has 2 rings (SSSR count). The molecule has 0 aliphatic rings. The van der Waals surface area contributed by atoms with Crippen molar-refractivity contribution in [1.82, 2.24) is 9.47 Å². The van der Waals surface area contributed by atoms with Crippen molar-refractivity contribution in [3.05, 3.63) is 63.3 Å². The van der Waals surface area contributed by atoms with Crippen molar-refractivity contribution in [1.29, 1.82) is 0 Å². The van der Waals surface area contributed by atoms with Gasteiger partial charge < -0.3 is 14.6 Å². The lowest BCUT2D eigenvalue weighted by Gasteiger charge is -2.20. The summed E-state index contributed by atoms with van der Waals surface area (Å²) < 4.78 is 14.9. The molecular formula is C16H19FN2O2. The number of halogens is 1. The van der Waals surface area contributed by atoms with E-state index in [-0.39, 0.29) is 17.0 Å². The molecule has 1 aromatic carbocycles. The fourth-order valence-electron chi connectivity index (χ4n) is 2.27. The molecule has 1 N–H and O–H groups in total. The molecule has 21 heavy (non-hydrogen) atoms. The van der Waals surface area contributed by atoms with E-state index in [2.05, 4.69) is 0 Å². The maximum absolute atomic E-state index is 13.0. The number of aryl methyl sites for hydroxylation is 1. The lowest BCUT2D eigenvalue weighted by molar-refractivity contribution is 0.364. The average molecular weight is 290 g/mol. The second kappa shape index (κ2) is 6.10. The molecule has 112 valence electrons. The zero-order valence-corrected chi connectivity index (χ0v) is 12.4. The van der Waals surface area contributed by atoms with E-state index in [4.69, 9.17) is 0 Å². The Hall–Kier alpha value is -2.14. The normalized spacial score (nSPS) is 11.1. The van der Waals surface area contributed by atoms with Crippen LogP contribution in [0.3, 0.4) is 0 Å². The van der Waals surface area contributed by atoms with Crippen LogP contribution in [0.25, 0.3) is 0 Å². The quantitative estimate of drug-likeness (QED) is 0.938. The van der Waals surface area contributed by atoms with Gasteiger partial charge in [-0.25, -0.2) is 4.39 Å². The van der Waals surface area contributed by atoms with Crippen LogP contribution in [0.5, 0.6) is 5.75 Å². The average Bonchev–Trinajstić information content (AvgIpc) is 2.42. The van der Waals surface area contributed by atoms with Crippen LogP contribution in [-0.2, 0) is 13.1 Å². The van der Waals surface area contributed by atoms with Gasteiger partial charge in [-0.05, 0) is 38.7 Å². The zero-order valence-electron chi connectivity index (χ0n) is 12.4. The van der Waals surface area contributed by atoms with Crippen LogP contribution in [0.4, 0.5) is 4.39 Å². The molecule has 0 spiro atoms. The molecule has 5 heteroatoms. The highest BCUT2D eigenvalue weighted by Crippen LogP contribution is 2.18. The van der Waals surface area contributed by atoms with Crippen LogP contribution in [0, 0.1) is 12.7 Å². The van der Waals surface area contributed by atoms with E-state index in [1.54, 1.807) is 12.1 Å². The molecule has 4 nitrogen and oxygen atoms in total. The minimum atomic E-state index is -0.375. The molecule has 0 unspecified atom stereocenters. The molecule has 0 aliphatic heterocycles. The Kier molecular flexibility index (Phi) is 4.43. The minimum absolute atomic E-state index is 0.226. The SMILES string of the molecule is Cc1cc(=O)c(O)c(CN(C)C)n1Cc1ccc(F)cc1. The van der Waals surface area contributed by atoms with E-state index in [0.717, 1.165) is 11.3 Å². The predicted octanol–water partition coefficient (Wildman–Crippen LogP) is 2.11. The Bertz CT molecular complexity index is 691. The first-order valence-electron chi connectivity index (χ1n) is 6.70. The van der Waals surface area contributed by atoms with E-state index < -0.39 is 0 Å². The summed E-state index contributed by atoms with van der Waals surface area (Å²) in [5.41, 5.74) is 1.86. The molecule has 0 atom stereocenters. The monoisotopic (exact) mass is 290 g/mol. The summed E-state index contributed by atoms with van der Waals surface area (Å²) in [5, 5.41) is 10.1. The fraction of sp³-hybridized carbons (Fsp3) is 0.312. The number of aromatic nitrogens is 1. The van der Waals surface area contributed by atoms with Crippen molar-refractivity contribution >= 4 is 0 Å². The number of hydrogen-bond donors (Lipinski definition) is 1. The third-order valence-corrected chi connectivity index (χ3v) is 3.32. The molecule has 0 fully saturated rings. The maximum atomic E-state index is 13.0. The Morgan fingerprint density at radius 2 is 1.86 bits per heavy atom. The van der Waals surface area contributed by atoms with Crippen LogP contribution >= 0.6 is 0 Å². The summed E-state index contributed by atoms with van der Waals surface area (Å²) in [4.78, 5) is 13.6. The molecule has 0 aliphatic carbocycles. The summed E-state index contributed by atoms with van der Waals surface area (Å²) in [5.74, 6) is -0.511. The van der Waals surface area contributed by atoms with Gasteiger partial charge in [0.15, 0.2) is 5.75 Å². The standard InChI is InChI=1S/C16H19FN2O2/c1-11-8-15(20)16(21)14(10-18(2)3)19(11)9-12-4-6-13(17)7-5-12/h4-8,21H,9-10H2,1-3H3. The predicted molar refractivity (Wildman–Crippen MR) is 80.0 cm³/mol. The second-order valence-corrected chi connectivity index (χ2v) is 5.40. The van der Waals surface area contributed by atoms with Crippen LogP contribution in [0.2, 0.25) is 0 Å². The van der Waals surface area contributed by atoms with E-state index in [0.29, 0.717) is 18.8 Å². The first kappa shape index (κ1) is 15.3. The summed E-state index contributed by atoms with van der Waals surface area (Å²) in [6.45, 7) is 2.75. The largest absolute Gasteiger partial charge is 0.503 e. The van der Waals surface area contributed by atoms with Gasteiger partial charge in [0.1, 0.15) is 5.82 Å². The number of rotatable bonds is 4. The van der Waals surface area contributed by atoms with Crippen molar-refractivity contribution < 1.29 is 9.50 Å². The second-order valence-electron chi connectivity index (χ2n) is 5.40. The van der Waals surface area contributed by atoms with Crippen LogP contribution < -0.4 is 5.43 Å². The van der Waals surface area contributed by atoms with E-state index in [9.17, 15) is 14.3 Å². The maximum Gasteiger partial charge on any atom is 0.223 e. The Morgan fingerprint density at radius 3 is 2.43 bits per heavy atom. The smallest absolute Gasteiger partial charge is 0.223 e. The summed E-state index contributed by atoms with van der Waals surface area (Å²) in [6, 6.07) is 7.61. The molecule has 2 aromatic rings. The lowest BCUT2D eigenvalue weighted by atomic mass is 10.2. The van der Waals surface area contributed by atoms with Gasteiger partial charge in [-0.2, -0.15) is 0 Å². The topological polar surface area (TPSA) is 45.5 Å². The molecule has 0 saturated carbocycles. The van der Waals surface area contributed by atoms with E-state index in [1.165, 1.54) is 18.2 Å². The molecule has 0 saturated heterocycles. The van der Waals surface area contributed by atoms with Crippen molar-refractivity contribution in [3.8, 4) is 5.75 Å². The van der Waals surface area contributed by atoms with Gasteiger partial charge in [0.25, 0.3) is 0 Å².